The molecule has 2 nitrogen and oxygen atoms in total. The van der Waals surface area contributed by atoms with E-state index in [1.807, 2.05) is 0 Å². The largest absolute Gasteiger partial charge is 0.375 e. The van der Waals surface area contributed by atoms with E-state index in [1.165, 1.54) is 57.9 Å². The molecule has 3 aliphatic rings. The molecule has 1 N–H and O–H groups in total. The summed E-state index contributed by atoms with van der Waals surface area (Å²) in [4.78, 5) is 0. The molecule has 1 aliphatic carbocycles. The van der Waals surface area contributed by atoms with Crippen LogP contribution in [0.25, 0.3) is 0 Å². The number of hydrogen-bond donors (Lipinski definition) is 1. The van der Waals surface area contributed by atoms with Crippen molar-refractivity contribution in [1.82, 2.24) is 5.32 Å². The summed E-state index contributed by atoms with van der Waals surface area (Å²) in [6.07, 6.45) is 12.3. The second-order valence-corrected chi connectivity index (χ2v) is 5.61. The average molecular weight is 209 g/mol. The zero-order chi connectivity index (χ0) is 10.1. The van der Waals surface area contributed by atoms with Crippen molar-refractivity contribution < 1.29 is 4.74 Å². The molecule has 2 aliphatic heterocycles. The standard InChI is InChI=1S/C13H23NO/c1-2-4-11(5-3-1)14-9-10-8-12-6-7-13(10)15-12/h10-14H,1-9H2. The molecule has 86 valence electrons. The van der Waals surface area contributed by atoms with Gasteiger partial charge in [0.15, 0.2) is 0 Å². The predicted octanol–water partition coefficient (Wildman–Crippen LogP) is 2.48. The van der Waals surface area contributed by atoms with E-state index in [9.17, 15) is 0 Å². The van der Waals surface area contributed by atoms with Gasteiger partial charge in [0, 0.05) is 18.5 Å². The first-order valence-electron chi connectivity index (χ1n) is 6.80. The summed E-state index contributed by atoms with van der Waals surface area (Å²) in [5.41, 5.74) is 0. The predicted molar refractivity (Wildman–Crippen MR) is 60.9 cm³/mol. The molecule has 3 unspecified atom stereocenters. The van der Waals surface area contributed by atoms with Crippen molar-refractivity contribution in [1.29, 1.82) is 0 Å². The maximum atomic E-state index is 5.88. The average Bonchev–Trinajstić information content (AvgIpc) is 2.89. The van der Waals surface area contributed by atoms with E-state index < -0.39 is 0 Å². The lowest BCUT2D eigenvalue weighted by Gasteiger charge is -2.26. The van der Waals surface area contributed by atoms with Gasteiger partial charge in [-0.25, -0.2) is 0 Å². The lowest BCUT2D eigenvalue weighted by atomic mass is 9.88. The Labute approximate surface area is 92.8 Å². The fourth-order valence-electron chi connectivity index (χ4n) is 3.58. The number of hydrogen-bond acceptors (Lipinski definition) is 2. The Morgan fingerprint density at radius 2 is 1.87 bits per heavy atom. The number of fused-ring (bicyclic) bond motifs is 2. The molecule has 0 aromatic rings. The van der Waals surface area contributed by atoms with E-state index in [-0.39, 0.29) is 0 Å². The quantitative estimate of drug-likeness (QED) is 0.771. The van der Waals surface area contributed by atoms with Gasteiger partial charge in [0.2, 0.25) is 0 Å². The molecule has 15 heavy (non-hydrogen) atoms. The van der Waals surface area contributed by atoms with Gasteiger partial charge in [-0.15, -0.1) is 0 Å². The van der Waals surface area contributed by atoms with Gasteiger partial charge >= 0.3 is 0 Å². The molecule has 0 radical (unpaired) electrons. The van der Waals surface area contributed by atoms with Crippen LogP contribution < -0.4 is 5.32 Å². The van der Waals surface area contributed by atoms with Gasteiger partial charge in [-0.05, 0) is 32.1 Å². The van der Waals surface area contributed by atoms with Crippen LogP contribution in [-0.4, -0.2) is 24.8 Å². The van der Waals surface area contributed by atoms with Gasteiger partial charge in [0.25, 0.3) is 0 Å². The van der Waals surface area contributed by atoms with Crippen molar-refractivity contribution in [3.8, 4) is 0 Å². The molecule has 0 spiro atoms. The molecule has 2 heterocycles. The van der Waals surface area contributed by atoms with Gasteiger partial charge in [-0.1, -0.05) is 19.3 Å². The maximum absolute atomic E-state index is 5.88. The minimum atomic E-state index is 0.603. The Bertz CT molecular complexity index is 213. The highest BCUT2D eigenvalue weighted by Gasteiger charge is 2.40. The highest BCUT2D eigenvalue weighted by Crippen LogP contribution is 2.38. The third-order valence-electron chi connectivity index (χ3n) is 4.51. The second-order valence-electron chi connectivity index (χ2n) is 5.61. The molecule has 3 rings (SSSR count). The Kier molecular flexibility index (Phi) is 2.98. The first kappa shape index (κ1) is 10.1. The summed E-state index contributed by atoms with van der Waals surface area (Å²) in [6.45, 7) is 1.21. The molecule has 0 amide bonds. The molecular weight excluding hydrogens is 186 g/mol. The van der Waals surface area contributed by atoms with Crippen LogP contribution in [0.4, 0.5) is 0 Å². The Morgan fingerprint density at radius 3 is 2.53 bits per heavy atom. The van der Waals surface area contributed by atoms with Crippen LogP contribution in [0.5, 0.6) is 0 Å². The Hall–Kier alpha value is -0.0800. The van der Waals surface area contributed by atoms with E-state index in [1.54, 1.807) is 0 Å². The summed E-state index contributed by atoms with van der Waals surface area (Å²) in [7, 11) is 0. The highest BCUT2D eigenvalue weighted by molar-refractivity contribution is 4.91. The van der Waals surface area contributed by atoms with Gasteiger partial charge in [-0.3, -0.25) is 0 Å². The van der Waals surface area contributed by atoms with Crippen LogP contribution in [0, 0.1) is 5.92 Å². The number of rotatable bonds is 3. The molecule has 0 aromatic heterocycles. The van der Waals surface area contributed by atoms with Crippen LogP contribution in [0.15, 0.2) is 0 Å². The zero-order valence-corrected chi connectivity index (χ0v) is 9.58. The van der Waals surface area contributed by atoms with Crippen molar-refractivity contribution >= 4 is 0 Å². The van der Waals surface area contributed by atoms with Gasteiger partial charge < -0.3 is 10.1 Å². The third kappa shape index (κ3) is 2.21. The molecule has 1 saturated carbocycles. The Balaban J connectivity index is 1.42. The summed E-state index contributed by atoms with van der Waals surface area (Å²) in [6, 6.07) is 0.817. The van der Waals surface area contributed by atoms with Crippen LogP contribution in [-0.2, 0) is 4.74 Å². The lowest BCUT2D eigenvalue weighted by Crippen LogP contribution is -2.37. The second kappa shape index (κ2) is 4.42. The maximum Gasteiger partial charge on any atom is 0.0621 e. The topological polar surface area (TPSA) is 21.3 Å². The van der Waals surface area contributed by atoms with E-state index in [0.29, 0.717) is 12.2 Å². The minimum Gasteiger partial charge on any atom is -0.375 e. The summed E-state index contributed by atoms with van der Waals surface area (Å²) >= 11 is 0. The van der Waals surface area contributed by atoms with E-state index >= 15 is 0 Å². The van der Waals surface area contributed by atoms with Gasteiger partial charge in [0.05, 0.1) is 12.2 Å². The van der Waals surface area contributed by atoms with Gasteiger partial charge in [0.1, 0.15) is 0 Å². The lowest BCUT2D eigenvalue weighted by molar-refractivity contribution is 0.0917. The van der Waals surface area contributed by atoms with Gasteiger partial charge in [-0.2, -0.15) is 0 Å². The molecule has 2 heteroatoms. The fourth-order valence-corrected chi connectivity index (χ4v) is 3.58. The van der Waals surface area contributed by atoms with Crippen molar-refractivity contribution in [2.45, 2.75) is 69.6 Å². The third-order valence-corrected chi connectivity index (χ3v) is 4.51. The molecule has 0 aromatic carbocycles. The molecule has 3 atom stereocenters. The smallest absolute Gasteiger partial charge is 0.0621 e. The number of nitrogens with one attached hydrogen (secondary N) is 1. The van der Waals surface area contributed by atoms with E-state index in [4.69, 9.17) is 4.74 Å². The first-order valence-corrected chi connectivity index (χ1v) is 6.80. The van der Waals surface area contributed by atoms with Crippen molar-refractivity contribution in [3.63, 3.8) is 0 Å². The number of ether oxygens (including phenoxy) is 1. The first-order chi connectivity index (χ1) is 7.42. The van der Waals surface area contributed by atoms with Crippen molar-refractivity contribution in [2.24, 2.45) is 5.92 Å². The normalized spacial score (nSPS) is 41.2. The fraction of sp³-hybridized carbons (Fsp3) is 1.00. The minimum absolute atomic E-state index is 0.603. The highest BCUT2D eigenvalue weighted by atomic mass is 16.5. The molecular formula is C13H23NO. The summed E-state index contributed by atoms with van der Waals surface area (Å²) < 4.78 is 5.88. The Morgan fingerprint density at radius 1 is 1.00 bits per heavy atom. The van der Waals surface area contributed by atoms with Crippen LogP contribution in [0.1, 0.15) is 51.4 Å². The van der Waals surface area contributed by atoms with E-state index in [2.05, 4.69) is 5.32 Å². The summed E-state index contributed by atoms with van der Waals surface area (Å²) in [5.74, 6) is 0.825. The molecule has 3 fully saturated rings. The van der Waals surface area contributed by atoms with Crippen molar-refractivity contribution in [2.75, 3.05) is 6.54 Å². The van der Waals surface area contributed by atoms with Crippen LogP contribution in [0.3, 0.4) is 0 Å². The molecule has 2 saturated heterocycles. The monoisotopic (exact) mass is 209 g/mol. The van der Waals surface area contributed by atoms with E-state index in [0.717, 1.165) is 12.0 Å². The van der Waals surface area contributed by atoms with Crippen molar-refractivity contribution in [3.05, 3.63) is 0 Å². The van der Waals surface area contributed by atoms with Crippen LogP contribution >= 0.6 is 0 Å². The SMILES string of the molecule is C1CCC(NCC2CC3CCC2O3)CC1. The summed E-state index contributed by atoms with van der Waals surface area (Å²) in [5, 5.41) is 3.77. The van der Waals surface area contributed by atoms with Crippen LogP contribution in [0.2, 0.25) is 0 Å². The zero-order valence-electron chi connectivity index (χ0n) is 9.58. The molecule has 2 bridgehead atoms.